The molecule has 2 N–H and O–H groups in total. The number of halogens is 2. The van der Waals surface area contributed by atoms with Crippen LogP contribution in [0, 0.1) is 0 Å². The van der Waals surface area contributed by atoms with Gasteiger partial charge in [-0.1, -0.05) is 19.1 Å². The molecule has 1 aromatic rings. The molecule has 0 spiro atoms. The molecule has 1 aliphatic rings. The van der Waals surface area contributed by atoms with Crippen molar-refractivity contribution in [1.82, 2.24) is 5.32 Å². The number of methoxy groups -OCH3 is 1. The second-order valence-corrected chi connectivity index (χ2v) is 7.34. The van der Waals surface area contributed by atoms with Gasteiger partial charge in [-0.25, -0.2) is 9.59 Å². The minimum absolute atomic E-state index is 0.0173. The van der Waals surface area contributed by atoms with E-state index in [1.54, 1.807) is 6.07 Å². The maximum atomic E-state index is 13.5. The fraction of sp³-hybridized carbons (Fsp3) is 0.526. The Labute approximate surface area is 178 Å². The van der Waals surface area contributed by atoms with Crippen molar-refractivity contribution >= 4 is 25.0 Å². The van der Waals surface area contributed by atoms with Crippen LogP contribution in [0.2, 0.25) is 0 Å². The number of alkyl halides is 2. The second-order valence-electron chi connectivity index (χ2n) is 7.34. The summed E-state index contributed by atoms with van der Waals surface area (Å²) in [4.78, 5) is 35.9. The van der Waals surface area contributed by atoms with Gasteiger partial charge in [0.2, 0.25) is 6.79 Å². The van der Waals surface area contributed by atoms with Crippen LogP contribution in [0.15, 0.2) is 18.2 Å². The van der Waals surface area contributed by atoms with Crippen LogP contribution in [0.5, 0.6) is 5.75 Å². The van der Waals surface area contributed by atoms with Gasteiger partial charge in [0.1, 0.15) is 11.3 Å². The number of para-hydroxylation sites is 1. The highest BCUT2D eigenvalue weighted by atomic mass is 19.3. The molecule has 1 aliphatic heterocycles. The molecule has 12 heteroatoms. The molecule has 0 saturated heterocycles. The Morgan fingerprint density at radius 2 is 1.97 bits per heavy atom. The van der Waals surface area contributed by atoms with Crippen LogP contribution in [-0.4, -0.2) is 61.4 Å². The Morgan fingerprint density at radius 3 is 2.58 bits per heavy atom. The quantitative estimate of drug-likeness (QED) is 0.350. The summed E-state index contributed by atoms with van der Waals surface area (Å²) in [7, 11) is -0.344. The van der Waals surface area contributed by atoms with Gasteiger partial charge in [0.25, 0.3) is 5.91 Å². The Kier molecular flexibility index (Phi) is 7.61. The Hall–Kier alpha value is -2.73. The van der Waals surface area contributed by atoms with Crippen LogP contribution in [-0.2, 0) is 30.2 Å². The number of esters is 2. The van der Waals surface area contributed by atoms with Gasteiger partial charge in [-0.3, -0.25) is 4.79 Å². The molecule has 170 valence electrons. The molecule has 2 rings (SSSR count). The minimum Gasteiger partial charge on any atom is -0.534 e. The van der Waals surface area contributed by atoms with Gasteiger partial charge in [-0.2, -0.15) is 8.78 Å². The van der Waals surface area contributed by atoms with Gasteiger partial charge < -0.3 is 29.2 Å². The van der Waals surface area contributed by atoms with E-state index in [9.17, 15) is 28.2 Å². The fourth-order valence-electron chi connectivity index (χ4n) is 2.61. The van der Waals surface area contributed by atoms with Crippen molar-refractivity contribution < 1.29 is 47.1 Å². The van der Waals surface area contributed by atoms with E-state index < -0.39 is 55.6 Å². The third-order valence-electron chi connectivity index (χ3n) is 4.81. The molecule has 1 atom stereocenters. The maximum absolute atomic E-state index is 13.5. The molecule has 0 fully saturated rings. The monoisotopic (exact) mass is 443 g/mol. The number of fused-ring (bicyclic) bond motifs is 1. The van der Waals surface area contributed by atoms with E-state index in [0.29, 0.717) is 5.56 Å². The Morgan fingerprint density at radius 1 is 1.29 bits per heavy atom. The highest BCUT2D eigenvalue weighted by Gasteiger charge is 2.43. The summed E-state index contributed by atoms with van der Waals surface area (Å²) >= 11 is 0. The first-order valence-corrected chi connectivity index (χ1v) is 9.47. The zero-order chi connectivity index (χ0) is 23.4. The van der Waals surface area contributed by atoms with E-state index in [-0.39, 0.29) is 17.7 Å². The van der Waals surface area contributed by atoms with Gasteiger partial charge in [0.05, 0.1) is 5.94 Å². The van der Waals surface area contributed by atoms with Crippen LogP contribution in [0.3, 0.4) is 0 Å². The largest absolute Gasteiger partial charge is 0.547 e. The van der Waals surface area contributed by atoms with Gasteiger partial charge in [0.15, 0.2) is 5.60 Å². The smallest absolute Gasteiger partial charge is 0.534 e. The number of hydrogen-bond donors (Lipinski definition) is 2. The van der Waals surface area contributed by atoms with E-state index in [1.807, 2.05) is 0 Å². The molecule has 9 nitrogen and oxygen atoms in total. The van der Waals surface area contributed by atoms with Crippen LogP contribution in [0.1, 0.15) is 43.1 Å². The van der Waals surface area contributed by atoms with Crippen molar-refractivity contribution in [3.8, 4) is 5.75 Å². The van der Waals surface area contributed by atoms with Gasteiger partial charge in [-0.15, -0.1) is 0 Å². The topological polar surface area (TPSA) is 120 Å². The standard InChI is InChI=1S/C19H24BF2NO8/c1-5-19(21,22)16(25)23-13-9-11-7-6-8-12(14(11)31-20(13)27)15(24)29-10-30-17(26)18(2,3)28-4/h6-8,13,27H,5,9-10H2,1-4H3,(H,23,25)/t13-/m0/s1. The number of rotatable bonds is 8. The molecule has 0 saturated carbocycles. The molecule has 0 aromatic heterocycles. The molecular formula is C19H24BF2NO8. The molecule has 1 heterocycles. The van der Waals surface area contributed by atoms with E-state index in [4.69, 9.17) is 18.9 Å². The summed E-state index contributed by atoms with van der Waals surface area (Å²) in [6.07, 6.45) is -0.749. The molecule has 1 amide bonds. The lowest BCUT2D eigenvalue weighted by molar-refractivity contribution is -0.173. The zero-order valence-corrected chi connectivity index (χ0v) is 17.6. The summed E-state index contributed by atoms with van der Waals surface area (Å²) in [5.74, 6) is -7.90. The summed E-state index contributed by atoms with van der Waals surface area (Å²) in [5, 5.41) is 12.2. The third-order valence-corrected chi connectivity index (χ3v) is 4.81. The van der Waals surface area contributed by atoms with Crippen molar-refractivity contribution in [2.45, 2.75) is 51.1 Å². The average molecular weight is 443 g/mol. The highest BCUT2D eigenvalue weighted by molar-refractivity contribution is 6.47. The molecular weight excluding hydrogens is 419 g/mol. The van der Waals surface area contributed by atoms with Crippen molar-refractivity contribution in [2.24, 2.45) is 0 Å². The number of ether oxygens (including phenoxy) is 3. The normalized spacial score (nSPS) is 16.1. The minimum atomic E-state index is -3.58. The lowest BCUT2D eigenvalue weighted by Gasteiger charge is -2.30. The van der Waals surface area contributed by atoms with Crippen molar-refractivity contribution in [3.63, 3.8) is 0 Å². The Bertz CT molecular complexity index is 848. The van der Waals surface area contributed by atoms with E-state index in [0.717, 1.165) is 6.92 Å². The highest BCUT2D eigenvalue weighted by Crippen LogP contribution is 2.31. The fourth-order valence-corrected chi connectivity index (χ4v) is 2.61. The number of carbonyl (C=O) groups excluding carboxylic acids is 3. The molecule has 0 unspecified atom stereocenters. The first kappa shape index (κ1) is 24.5. The van der Waals surface area contributed by atoms with E-state index in [1.165, 1.54) is 33.1 Å². The predicted octanol–water partition coefficient (Wildman–Crippen LogP) is 1.25. The number of nitrogens with one attached hydrogen (secondary N) is 1. The lowest BCUT2D eigenvalue weighted by Crippen LogP contribution is -2.56. The number of amides is 1. The average Bonchev–Trinajstić information content (AvgIpc) is 2.73. The molecule has 31 heavy (non-hydrogen) atoms. The van der Waals surface area contributed by atoms with Gasteiger partial charge in [0, 0.05) is 13.5 Å². The Balaban J connectivity index is 2.07. The van der Waals surface area contributed by atoms with Crippen LogP contribution in [0.4, 0.5) is 8.78 Å². The first-order valence-electron chi connectivity index (χ1n) is 9.47. The molecule has 0 radical (unpaired) electrons. The lowest BCUT2D eigenvalue weighted by atomic mass is 9.72. The van der Waals surface area contributed by atoms with E-state index in [2.05, 4.69) is 5.32 Å². The molecule has 1 aromatic carbocycles. The second kappa shape index (κ2) is 9.61. The number of carbonyl (C=O) groups is 3. The number of hydrogen-bond acceptors (Lipinski definition) is 8. The molecule has 0 aliphatic carbocycles. The zero-order valence-electron chi connectivity index (χ0n) is 17.6. The van der Waals surface area contributed by atoms with Crippen LogP contribution in [0.25, 0.3) is 0 Å². The summed E-state index contributed by atoms with van der Waals surface area (Å²) in [6.45, 7) is 3.44. The summed E-state index contributed by atoms with van der Waals surface area (Å²) < 4.78 is 47.1. The third kappa shape index (κ3) is 5.70. The van der Waals surface area contributed by atoms with Gasteiger partial charge >= 0.3 is 25.0 Å². The number of benzene rings is 1. The van der Waals surface area contributed by atoms with Crippen LogP contribution >= 0.6 is 0 Å². The summed E-state index contributed by atoms with van der Waals surface area (Å²) in [5.41, 5.74) is -0.899. The van der Waals surface area contributed by atoms with E-state index >= 15 is 0 Å². The van der Waals surface area contributed by atoms with Crippen molar-refractivity contribution in [3.05, 3.63) is 29.3 Å². The first-order chi connectivity index (χ1) is 14.4. The molecule has 0 bridgehead atoms. The van der Waals surface area contributed by atoms with Crippen molar-refractivity contribution in [2.75, 3.05) is 13.9 Å². The SMILES string of the molecule is CCC(F)(F)C(=O)N[C@H]1Cc2cccc(C(=O)OCOC(=O)C(C)(C)OC)c2OB1O. The predicted molar refractivity (Wildman–Crippen MR) is 103 cm³/mol. The van der Waals surface area contributed by atoms with Gasteiger partial charge in [-0.05, 0) is 31.9 Å². The van der Waals surface area contributed by atoms with Crippen molar-refractivity contribution in [1.29, 1.82) is 0 Å². The van der Waals surface area contributed by atoms with Crippen LogP contribution < -0.4 is 9.97 Å². The summed E-state index contributed by atoms with van der Waals surface area (Å²) in [6, 6.07) is 4.41. The maximum Gasteiger partial charge on any atom is 0.547 e.